The van der Waals surface area contributed by atoms with Crippen LogP contribution in [0.2, 0.25) is 0 Å². The van der Waals surface area contributed by atoms with Crippen molar-refractivity contribution in [1.82, 2.24) is 9.80 Å². The standard InChI is InChI=1S/C27H32N2O/c1-3-8-24(9-4-1)16-19-28-17-7-18-29(21-20-28)22-25-12-14-27(15-13-25)30-23-26-10-5-2-6-11-26/h1-6,8-15H,7,16-23H2. The average molecular weight is 401 g/mol. The molecule has 0 amide bonds. The number of hydrogen-bond donors (Lipinski definition) is 0. The van der Waals surface area contributed by atoms with Crippen LogP contribution in [0.4, 0.5) is 0 Å². The average Bonchev–Trinajstić information content (AvgIpc) is 3.04. The Labute approximate surface area is 180 Å². The number of nitrogens with zero attached hydrogens (tertiary/aromatic N) is 2. The van der Waals surface area contributed by atoms with E-state index in [0.717, 1.165) is 38.3 Å². The quantitative estimate of drug-likeness (QED) is 0.528. The molecule has 1 aliphatic rings. The number of hydrogen-bond acceptors (Lipinski definition) is 3. The van der Waals surface area contributed by atoms with E-state index in [9.17, 15) is 0 Å². The summed E-state index contributed by atoms with van der Waals surface area (Å²) in [7, 11) is 0. The maximum atomic E-state index is 5.91. The van der Waals surface area contributed by atoms with E-state index in [1.807, 2.05) is 18.2 Å². The van der Waals surface area contributed by atoms with Gasteiger partial charge in [0.25, 0.3) is 0 Å². The predicted octanol–water partition coefficient (Wildman–Crippen LogP) is 5.02. The van der Waals surface area contributed by atoms with E-state index in [2.05, 4.69) is 76.5 Å². The van der Waals surface area contributed by atoms with E-state index in [4.69, 9.17) is 4.74 Å². The first kappa shape index (κ1) is 20.6. The van der Waals surface area contributed by atoms with Crippen LogP contribution in [-0.4, -0.2) is 42.5 Å². The lowest BCUT2D eigenvalue weighted by atomic mass is 10.1. The molecule has 3 heteroatoms. The summed E-state index contributed by atoms with van der Waals surface area (Å²) in [6.07, 6.45) is 2.39. The van der Waals surface area contributed by atoms with Crippen molar-refractivity contribution in [2.24, 2.45) is 0 Å². The Morgan fingerprint density at radius 3 is 1.97 bits per heavy atom. The molecule has 0 bridgehead atoms. The van der Waals surface area contributed by atoms with Crippen molar-refractivity contribution in [3.63, 3.8) is 0 Å². The minimum atomic E-state index is 0.616. The van der Waals surface area contributed by atoms with Crippen molar-refractivity contribution in [1.29, 1.82) is 0 Å². The summed E-state index contributed by atoms with van der Waals surface area (Å²) in [5, 5.41) is 0. The molecule has 3 nitrogen and oxygen atoms in total. The molecule has 0 saturated carbocycles. The van der Waals surface area contributed by atoms with Crippen LogP contribution in [0.15, 0.2) is 84.9 Å². The zero-order chi connectivity index (χ0) is 20.4. The summed E-state index contributed by atoms with van der Waals surface area (Å²) in [6.45, 7) is 7.47. The Hall–Kier alpha value is -2.62. The summed E-state index contributed by atoms with van der Waals surface area (Å²) in [4.78, 5) is 5.20. The van der Waals surface area contributed by atoms with Gasteiger partial charge in [0.2, 0.25) is 0 Å². The minimum Gasteiger partial charge on any atom is -0.489 e. The Balaban J connectivity index is 1.21. The van der Waals surface area contributed by atoms with Gasteiger partial charge < -0.3 is 9.64 Å². The Morgan fingerprint density at radius 1 is 0.600 bits per heavy atom. The van der Waals surface area contributed by atoms with Gasteiger partial charge in [-0.05, 0) is 54.8 Å². The third-order valence-electron chi connectivity index (χ3n) is 5.82. The van der Waals surface area contributed by atoms with Crippen LogP contribution in [0.25, 0.3) is 0 Å². The van der Waals surface area contributed by atoms with Gasteiger partial charge in [-0.1, -0.05) is 72.8 Å². The Morgan fingerprint density at radius 2 is 1.23 bits per heavy atom. The monoisotopic (exact) mass is 400 g/mol. The molecule has 3 aromatic carbocycles. The van der Waals surface area contributed by atoms with Crippen molar-refractivity contribution in [2.45, 2.75) is 26.0 Å². The van der Waals surface area contributed by atoms with E-state index >= 15 is 0 Å². The molecule has 0 radical (unpaired) electrons. The third-order valence-corrected chi connectivity index (χ3v) is 5.82. The summed E-state index contributed by atoms with van der Waals surface area (Å²) in [5.74, 6) is 0.936. The molecule has 4 rings (SSSR count). The van der Waals surface area contributed by atoms with Gasteiger partial charge in [0.1, 0.15) is 12.4 Å². The van der Waals surface area contributed by atoms with Gasteiger partial charge in [-0.25, -0.2) is 0 Å². The molecule has 0 aliphatic carbocycles. The first-order valence-electron chi connectivity index (χ1n) is 11.1. The highest BCUT2D eigenvalue weighted by Crippen LogP contribution is 2.16. The van der Waals surface area contributed by atoms with E-state index < -0.39 is 0 Å². The molecule has 0 aromatic heterocycles. The largest absolute Gasteiger partial charge is 0.489 e. The molecule has 0 spiro atoms. The molecular weight excluding hydrogens is 368 g/mol. The molecule has 3 aromatic rings. The van der Waals surface area contributed by atoms with Gasteiger partial charge >= 0.3 is 0 Å². The summed E-state index contributed by atoms with van der Waals surface area (Å²) >= 11 is 0. The fourth-order valence-corrected chi connectivity index (χ4v) is 4.03. The molecule has 0 atom stereocenters. The molecule has 0 unspecified atom stereocenters. The van der Waals surface area contributed by atoms with Gasteiger partial charge in [-0.15, -0.1) is 0 Å². The van der Waals surface area contributed by atoms with Crippen molar-refractivity contribution < 1.29 is 4.74 Å². The third kappa shape index (κ3) is 6.45. The highest BCUT2D eigenvalue weighted by atomic mass is 16.5. The fourth-order valence-electron chi connectivity index (χ4n) is 4.03. The van der Waals surface area contributed by atoms with Gasteiger partial charge in [0.05, 0.1) is 0 Å². The molecule has 0 N–H and O–H groups in total. The normalized spacial score (nSPS) is 15.6. The van der Waals surface area contributed by atoms with E-state index in [0.29, 0.717) is 6.61 Å². The zero-order valence-electron chi connectivity index (χ0n) is 17.7. The number of ether oxygens (including phenoxy) is 1. The number of rotatable bonds is 8. The van der Waals surface area contributed by atoms with Crippen LogP contribution in [-0.2, 0) is 19.6 Å². The van der Waals surface area contributed by atoms with Crippen LogP contribution >= 0.6 is 0 Å². The van der Waals surface area contributed by atoms with Gasteiger partial charge in [-0.2, -0.15) is 0 Å². The lowest BCUT2D eigenvalue weighted by molar-refractivity contribution is 0.253. The van der Waals surface area contributed by atoms with E-state index in [-0.39, 0.29) is 0 Å². The topological polar surface area (TPSA) is 15.7 Å². The van der Waals surface area contributed by atoms with Crippen LogP contribution < -0.4 is 4.74 Å². The molecule has 1 heterocycles. The first-order valence-corrected chi connectivity index (χ1v) is 11.1. The van der Waals surface area contributed by atoms with Crippen LogP contribution in [0.5, 0.6) is 5.75 Å². The highest BCUT2D eigenvalue weighted by Gasteiger charge is 2.15. The minimum absolute atomic E-state index is 0.616. The lowest BCUT2D eigenvalue weighted by Gasteiger charge is -2.22. The van der Waals surface area contributed by atoms with Gasteiger partial charge in [-0.3, -0.25) is 4.90 Å². The van der Waals surface area contributed by atoms with Gasteiger partial charge in [0, 0.05) is 26.2 Å². The smallest absolute Gasteiger partial charge is 0.119 e. The second-order valence-corrected chi connectivity index (χ2v) is 8.13. The maximum absolute atomic E-state index is 5.91. The maximum Gasteiger partial charge on any atom is 0.119 e. The Kier molecular flexibility index (Phi) is 7.54. The summed E-state index contributed by atoms with van der Waals surface area (Å²) in [5.41, 5.74) is 4.00. The van der Waals surface area contributed by atoms with Crippen molar-refractivity contribution in [2.75, 3.05) is 32.7 Å². The molecule has 30 heavy (non-hydrogen) atoms. The van der Waals surface area contributed by atoms with E-state index in [1.165, 1.54) is 36.2 Å². The zero-order valence-corrected chi connectivity index (χ0v) is 17.7. The van der Waals surface area contributed by atoms with Crippen LogP contribution in [0.1, 0.15) is 23.1 Å². The van der Waals surface area contributed by atoms with E-state index in [1.54, 1.807) is 0 Å². The highest BCUT2D eigenvalue weighted by molar-refractivity contribution is 5.28. The predicted molar refractivity (Wildman–Crippen MR) is 124 cm³/mol. The molecular formula is C27H32N2O. The number of benzene rings is 3. The summed E-state index contributed by atoms with van der Waals surface area (Å²) in [6, 6.07) is 29.8. The molecule has 1 fully saturated rings. The van der Waals surface area contributed by atoms with Crippen molar-refractivity contribution >= 4 is 0 Å². The fraction of sp³-hybridized carbons (Fsp3) is 0.333. The SMILES string of the molecule is c1ccc(CCN2CCCN(Cc3ccc(OCc4ccccc4)cc3)CC2)cc1. The van der Waals surface area contributed by atoms with Gasteiger partial charge in [0.15, 0.2) is 0 Å². The molecule has 1 aliphatic heterocycles. The summed E-state index contributed by atoms with van der Waals surface area (Å²) < 4.78 is 5.91. The Bertz CT molecular complexity index is 864. The molecule has 156 valence electrons. The lowest BCUT2D eigenvalue weighted by Crippen LogP contribution is -2.31. The second-order valence-electron chi connectivity index (χ2n) is 8.13. The van der Waals surface area contributed by atoms with Crippen LogP contribution in [0, 0.1) is 0 Å². The van der Waals surface area contributed by atoms with Crippen LogP contribution in [0.3, 0.4) is 0 Å². The molecule has 1 saturated heterocycles. The second kappa shape index (κ2) is 11.0. The van der Waals surface area contributed by atoms with Crippen molar-refractivity contribution in [3.05, 3.63) is 102 Å². The first-order chi connectivity index (χ1) is 14.8. The van der Waals surface area contributed by atoms with Crippen molar-refractivity contribution in [3.8, 4) is 5.75 Å².